The van der Waals surface area contributed by atoms with Crippen LogP contribution in [0.4, 0.5) is 5.69 Å². The van der Waals surface area contributed by atoms with E-state index in [0.717, 1.165) is 24.5 Å². The first-order valence-corrected chi connectivity index (χ1v) is 6.92. The second-order valence-electron chi connectivity index (χ2n) is 4.98. The van der Waals surface area contributed by atoms with E-state index in [1.54, 1.807) is 6.20 Å². The lowest BCUT2D eigenvalue weighted by Crippen LogP contribution is -2.49. The summed E-state index contributed by atoms with van der Waals surface area (Å²) in [6, 6.07) is 1.88. The van der Waals surface area contributed by atoms with Gasteiger partial charge in [0.05, 0.1) is 17.9 Å². The Labute approximate surface area is 119 Å². The molecular weight excluding hydrogens is 256 g/mol. The first-order chi connectivity index (χ1) is 9.65. The van der Waals surface area contributed by atoms with E-state index in [2.05, 4.69) is 15.2 Å². The Morgan fingerprint density at radius 2 is 2.10 bits per heavy atom. The molecule has 1 fully saturated rings. The summed E-state index contributed by atoms with van der Waals surface area (Å²) in [5.41, 5.74) is 2.33. The number of anilines is 1. The van der Waals surface area contributed by atoms with Gasteiger partial charge in [0.25, 0.3) is 5.91 Å². The minimum absolute atomic E-state index is 0.0190. The van der Waals surface area contributed by atoms with E-state index in [-0.39, 0.29) is 12.5 Å². The monoisotopic (exact) mass is 278 g/mol. The maximum atomic E-state index is 12.5. The highest BCUT2D eigenvalue weighted by Gasteiger charge is 2.23. The molecule has 2 heterocycles. The molecule has 0 radical (unpaired) electrons. The number of aromatic nitrogens is 1. The number of aliphatic hydroxyl groups is 1. The minimum atomic E-state index is 0.0190. The zero-order valence-corrected chi connectivity index (χ0v) is 12.1. The van der Waals surface area contributed by atoms with Gasteiger partial charge in [-0.3, -0.25) is 14.7 Å². The third-order valence-electron chi connectivity index (χ3n) is 3.62. The summed E-state index contributed by atoms with van der Waals surface area (Å²) in [5.74, 6) is 0.0190. The summed E-state index contributed by atoms with van der Waals surface area (Å²) >= 11 is 0. The number of carbonyl (C=O) groups excluding carboxylic acids is 1. The zero-order chi connectivity index (χ0) is 14.5. The van der Waals surface area contributed by atoms with Crippen molar-refractivity contribution < 1.29 is 9.90 Å². The number of nitrogens with one attached hydrogen (secondary N) is 1. The SMILES string of the molecule is CNc1cc(C)ncc1C(=O)N1CCN(CCO)CC1. The first kappa shape index (κ1) is 14.7. The van der Waals surface area contributed by atoms with Crippen molar-refractivity contribution in [1.29, 1.82) is 0 Å². The van der Waals surface area contributed by atoms with Crippen LogP contribution < -0.4 is 5.32 Å². The Morgan fingerprint density at radius 3 is 2.70 bits per heavy atom. The fraction of sp³-hybridized carbons (Fsp3) is 0.571. The van der Waals surface area contributed by atoms with Gasteiger partial charge in [0.2, 0.25) is 0 Å². The van der Waals surface area contributed by atoms with Gasteiger partial charge in [-0.05, 0) is 13.0 Å². The summed E-state index contributed by atoms with van der Waals surface area (Å²) in [6.07, 6.45) is 1.64. The molecule has 0 saturated carbocycles. The highest BCUT2D eigenvalue weighted by Crippen LogP contribution is 2.18. The van der Waals surface area contributed by atoms with Crippen molar-refractivity contribution in [3.8, 4) is 0 Å². The molecule has 1 aromatic rings. The predicted molar refractivity (Wildman–Crippen MR) is 78.0 cm³/mol. The summed E-state index contributed by atoms with van der Waals surface area (Å²) in [4.78, 5) is 20.8. The second kappa shape index (κ2) is 6.67. The van der Waals surface area contributed by atoms with Crippen molar-refractivity contribution in [1.82, 2.24) is 14.8 Å². The van der Waals surface area contributed by atoms with Crippen LogP contribution in [0.5, 0.6) is 0 Å². The van der Waals surface area contributed by atoms with Crippen LogP contribution in [0.2, 0.25) is 0 Å². The Hall–Kier alpha value is -1.66. The molecule has 1 amide bonds. The Morgan fingerprint density at radius 1 is 1.40 bits per heavy atom. The first-order valence-electron chi connectivity index (χ1n) is 6.92. The molecule has 6 nitrogen and oxygen atoms in total. The van der Waals surface area contributed by atoms with Crippen molar-refractivity contribution in [2.24, 2.45) is 0 Å². The lowest BCUT2D eigenvalue weighted by atomic mass is 10.1. The molecule has 1 aliphatic rings. The van der Waals surface area contributed by atoms with Gasteiger partial charge >= 0.3 is 0 Å². The van der Waals surface area contributed by atoms with E-state index in [0.29, 0.717) is 25.2 Å². The molecule has 0 unspecified atom stereocenters. The van der Waals surface area contributed by atoms with E-state index in [4.69, 9.17) is 5.11 Å². The van der Waals surface area contributed by atoms with Gasteiger partial charge in [0.1, 0.15) is 0 Å². The van der Waals surface area contributed by atoms with Crippen LogP contribution in [0, 0.1) is 6.92 Å². The summed E-state index contributed by atoms with van der Waals surface area (Å²) in [6.45, 7) is 5.74. The van der Waals surface area contributed by atoms with Crippen LogP contribution in [-0.2, 0) is 0 Å². The standard InChI is InChI=1S/C14H22N4O2/c1-11-9-13(15-2)12(10-16-11)14(20)18-5-3-17(4-6-18)7-8-19/h9-10,19H,3-8H2,1-2H3,(H,15,16). The topological polar surface area (TPSA) is 68.7 Å². The van der Waals surface area contributed by atoms with Crippen LogP contribution in [0.15, 0.2) is 12.3 Å². The number of aliphatic hydroxyl groups excluding tert-OH is 1. The van der Waals surface area contributed by atoms with Crippen molar-refractivity contribution in [2.45, 2.75) is 6.92 Å². The Kier molecular flexibility index (Phi) is 4.92. The maximum absolute atomic E-state index is 12.5. The molecule has 6 heteroatoms. The normalized spacial score (nSPS) is 16.2. The summed E-state index contributed by atoms with van der Waals surface area (Å²) in [5, 5.41) is 12.0. The maximum Gasteiger partial charge on any atom is 0.257 e. The van der Waals surface area contributed by atoms with Gasteiger partial charge < -0.3 is 15.3 Å². The van der Waals surface area contributed by atoms with Gasteiger partial charge in [0.15, 0.2) is 0 Å². The largest absolute Gasteiger partial charge is 0.395 e. The molecular formula is C14H22N4O2. The molecule has 0 aliphatic carbocycles. The molecule has 0 atom stereocenters. The van der Waals surface area contributed by atoms with Crippen molar-refractivity contribution in [3.05, 3.63) is 23.5 Å². The summed E-state index contributed by atoms with van der Waals surface area (Å²) < 4.78 is 0. The minimum Gasteiger partial charge on any atom is -0.395 e. The average Bonchev–Trinajstić information content (AvgIpc) is 2.47. The van der Waals surface area contributed by atoms with Crippen LogP contribution >= 0.6 is 0 Å². The molecule has 0 aromatic carbocycles. The van der Waals surface area contributed by atoms with Crippen LogP contribution in [0.3, 0.4) is 0 Å². The fourth-order valence-corrected chi connectivity index (χ4v) is 2.42. The van der Waals surface area contributed by atoms with E-state index in [1.165, 1.54) is 0 Å². The van der Waals surface area contributed by atoms with Crippen LogP contribution in [0.25, 0.3) is 0 Å². The number of hydrogen-bond donors (Lipinski definition) is 2. The quantitative estimate of drug-likeness (QED) is 0.822. The van der Waals surface area contributed by atoms with E-state index < -0.39 is 0 Å². The van der Waals surface area contributed by atoms with Gasteiger partial charge in [-0.2, -0.15) is 0 Å². The lowest BCUT2D eigenvalue weighted by molar-refractivity contribution is 0.0615. The third kappa shape index (κ3) is 3.26. The molecule has 2 N–H and O–H groups in total. The summed E-state index contributed by atoms with van der Waals surface area (Å²) in [7, 11) is 1.81. The van der Waals surface area contributed by atoms with Gasteiger partial charge in [-0.15, -0.1) is 0 Å². The highest BCUT2D eigenvalue weighted by molar-refractivity contribution is 5.99. The Balaban J connectivity index is 2.05. The number of aryl methyl sites for hydroxylation is 1. The van der Waals surface area contributed by atoms with Crippen molar-refractivity contribution in [3.63, 3.8) is 0 Å². The molecule has 0 spiro atoms. The van der Waals surface area contributed by atoms with Crippen molar-refractivity contribution in [2.75, 3.05) is 51.7 Å². The van der Waals surface area contributed by atoms with Gasteiger partial charge in [-0.25, -0.2) is 0 Å². The van der Waals surface area contributed by atoms with Gasteiger partial charge in [-0.1, -0.05) is 0 Å². The molecule has 1 saturated heterocycles. The smallest absolute Gasteiger partial charge is 0.257 e. The van der Waals surface area contributed by atoms with Crippen LogP contribution in [-0.4, -0.2) is 72.2 Å². The Bertz CT molecular complexity index is 470. The third-order valence-corrected chi connectivity index (χ3v) is 3.62. The number of piperazine rings is 1. The molecule has 20 heavy (non-hydrogen) atoms. The lowest BCUT2D eigenvalue weighted by Gasteiger charge is -2.34. The van der Waals surface area contributed by atoms with Crippen LogP contribution in [0.1, 0.15) is 16.1 Å². The predicted octanol–water partition coefficient (Wildman–Crippen LogP) is 0.182. The van der Waals surface area contributed by atoms with E-state index in [9.17, 15) is 4.79 Å². The molecule has 110 valence electrons. The number of β-amino-alcohol motifs (C(OH)–C–C–N with tert-alkyl or cyclic N) is 1. The second-order valence-corrected chi connectivity index (χ2v) is 4.98. The molecule has 2 rings (SSSR count). The number of carbonyl (C=O) groups is 1. The number of amides is 1. The fourth-order valence-electron chi connectivity index (χ4n) is 2.42. The van der Waals surface area contributed by atoms with E-state index in [1.807, 2.05) is 24.9 Å². The molecule has 1 aliphatic heterocycles. The highest BCUT2D eigenvalue weighted by atomic mass is 16.3. The average molecular weight is 278 g/mol. The molecule has 1 aromatic heterocycles. The van der Waals surface area contributed by atoms with E-state index >= 15 is 0 Å². The number of rotatable bonds is 4. The number of nitrogens with zero attached hydrogens (tertiary/aromatic N) is 3. The number of hydrogen-bond acceptors (Lipinski definition) is 5. The zero-order valence-electron chi connectivity index (χ0n) is 12.1. The van der Waals surface area contributed by atoms with Gasteiger partial charge in [0, 0.05) is 51.7 Å². The molecule has 0 bridgehead atoms. The van der Waals surface area contributed by atoms with Crippen molar-refractivity contribution >= 4 is 11.6 Å². The number of pyridine rings is 1.